The summed E-state index contributed by atoms with van der Waals surface area (Å²) in [5.41, 5.74) is 1.38. The van der Waals surface area contributed by atoms with Gasteiger partial charge in [-0.2, -0.15) is 0 Å². The van der Waals surface area contributed by atoms with Crippen LogP contribution in [-0.2, 0) is 0 Å². The molecule has 1 aliphatic rings. The summed E-state index contributed by atoms with van der Waals surface area (Å²) in [5, 5.41) is 5.94. The third-order valence-corrected chi connectivity index (χ3v) is 5.58. The number of hydrogen-bond donors (Lipinski definition) is 1. The monoisotopic (exact) mass is 323 g/mol. The summed E-state index contributed by atoms with van der Waals surface area (Å²) in [5.74, 6) is 0. The minimum absolute atomic E-state index is 0.355. The second-order valence-electron chi connectivity index (χ2n) is 6.12. The molecule has 1 fully saturated rings. The first kappa shape index (κ1) is 14.8. The molecular weight excluding hydrogens is 302 g/mol. The molecule has 3 nitrogen and oxygen atoms in total. The molecular formula is C19H21N3S. The molecule has 0 radical (unpaired) electrons. The number of aryl methyl sites for hydroxylation is 1. The lowest BCUT2D eigenvalue weighted by atomic mass is 10.00. The van der Waals surface area contributed by atoms with Gasteiger partial charge in [0.1, 0.15) is 0 Å². The summed E-state index contributed by atoms with van der Waals surface area (Å²) in [6, 6.07) is 13.8. The van der Waals surface area contributed by atoms with Gasteiger partial charge in [0.15, 0.2) is 0 Å². The Morgan fingerprint density at radius 1 is 1.09 bits per heavy atom. The highest BCUT2D eigenvalue weighted by molar-refractivity contribution is 7.12. The fourth-order valence-corrected chi connectivity index (χ4v) is 4.41. The number of rotatable bonds is 3. The fraction of sp³-hybridized carbons (Fsp3) is 0.316. The van der Waals surface area contributed by atoms with E-state index >= 15 is 0 Å². The standard InChI is InChI=1S/C19H21N3S/c1-14-2-5-18(23-14)19(22-10-8-20-9-11-22)16-3-4-17-13-21-7-6-15(17)12-16/h2-7,12-13,19-20H,8-11H2,1H3. The van der Waals surface area contributed by atoms with Crippen molar-refractivity contribution < 1.29 is 0 Å². The van der Waals surface area contributed by atoms with Crippen molar-refractivity contribution in [2.75, 3.05) is 26.2 Å². The summed E-state index contributed by atoms with van der Waals surface area (Å²) in [7, 11) is 0. The molecule has 0 amide bonds. The zero-order valence-electron chi connectivity index (χ0n) is 13.3. The third kappa shape index (κ3) is 3.02. The van der Waals surface area contributed by atoms with E-state index in [1.54, 1.807) is 0 Å². The van der Waals surface area contributed by atoms with Crippen LogP contribution in [0.15, 0.2) is 48.8 Å². The van der Waals surface area contributed by atoms with Crippen LogP contribution in [0.1, 0.15) is 21.4 Å². The first-order valence-corrected chi connectivity index (χ1v) is 8.98. The van der Waals surface area contributed by atoms with E-state index in [0.717, 1.165) is 26.2 Å². The van der Waals surface area contributed by atoms with Crippen molar-refractivity contribution in [3.05, 3.63) is 64.1 Å². The summed E-state index contributed by atoms with van der Waals surface area (Å²) in [6.45, 7) is 6.51. The van der Waals surface area contributed by atoms with Crippen LogP contribution < -0.4 is 5.32 Å². The normalized spacial score (nSPS) is 17.4. The average molecular weight is 323 g/mol. The van der Waals surface area contributed by atoms with Gasteiger partial charge in [-0.3, -0.25) is 9.88 Å². The van der Waals surface area contributed by atoms with Crippen molar-refractivity contribution >= 4 is 22.1 Å². The largest absolute Gasteiger partial charge is 0.314 e. The molecule has 0 saturated carbocycles. The van der Waals surface area contributed by atoms with Gasteiger partial charge in [-0.25, -0.2) is 0 Å². The lowest BCUT2D eigenvalue weighted by Crippen LogP contribution is -2.45. The van der Waals surface area contributed by atoms with Crippen LogP contribution in [0.2, 0.25) is 0 Å². The van der Waals surface area contributed by atoms with Gasteiger partial charge >= 0.3 is 0 Å². The zero-order valence-corrected chi connectivity index (χ0v) is 14.1. The summed E-state index contributed by atoms with van der Waals surface area (Å²) in [6.07, 6.45) is 3.81. The average Bonchev–Trinajstić information content (AvgIpc) is 3.02. The SMILES string of the molecule is Cc1ccc(C(c2ccc3cnccc3c2)N2CCNCC2)s1. The topological polar surface area (TPSA) is 28.2 Å². The molecule has 1 N–H and O–H groups in total. The maximum atomic E-state index is 4.22. The van der Waals surface area contributed by atoms with Crippen LogP contribution >= 0.6 is 11.3 Å². The number of thiophene rings is 1. The van der Waals surface area contributed by atoms with Crippen molar-refractivity contribution in [3.63, 3.8) is 0 Å². The fourth-order valence-electron chi connectivity index (χ4n) is 3.37. The molecule has 0 aliphatic carbocycles. The number of piperazine rings is 1. The molecule has 1 atom stereocenters. The maximum absolute atomic E-state index is 4.22. The number of fused-ring (bicyclic) bond motifs is 1. The van der Waals surface area contributed by atoms with Gasteiger partial charge in [-0.05, 0) is 42.1 Å². The lowest BCUT2D eigenvalue weighted by Gasteiger charge is -2.35. The van der Waals surface area contributed by atoms with Crippen LogP contribution in [-0.4, -0.2) is 36.1 Å². The first-order valence-electron chi connectivity index (χ1n) is 8.16. The molecule has 4 rings (SSSR count). The minimum Gasteiger partial charge on any atom is -0.314 e. The Balaban J connectivity index is 1.78. The molecule has 118 valence electrons. The van der Waals surface area contributed by atoms with Crippen molar-refractivity contribution in [3.8, 4) is 0 Å². The van der Waals surface area contributed by atoms with Crippen LogP contribution in [0.25, 0.3) is 10.8 Å². The van der Waals surface area contributed by atoms with E-state index in [4.69, 9.17) is 0 Å². The molecule has 4 heteroatoms. The van der Waals surface area contributed by atoms with E-state index in [2.05, 4.69) is 58.5 Å². The van der Waals surface area contributed by atoms with E-state index in [-0.39, 0.29) is 0 Å². The Hall–Kier alpha value is -1.75. The van der Waals surface area contributed by atoms with Gasteiger partial charge in [0.2, 0.25) is 0 Å². The number of pyridine rings is 1. The summed E-state index contributed by atoms with van der Waals surface area (Å²) >= 11 is 1.92. The molecule has 0 bridgehead atoms. The van der Waals surface area contributed by atoms with Crippen LogP contribution in [0.5, 0.6) is 0 Å². The van der Waals surface area contributed by atoms with Crippen LogP contribution in [0.4, 0.5) is 0 Å². The molecule has 3 aromatic rings. The predicted octanol–water partition coefficient (Wildman–Crippen LogP) is 3.60. The van der Waals surface area contributed by atoms with E-state index in [1.165, 1.54) is 26.1 Å². The smallest absolute Gasteiger partial charge is 0.0697 e. The molecule has 0 spiro atoms. The number of aromatic nitrogens is 1. The van der Waals surface area contributed by atoms with Gasteiger partial charge in [0, 0.05) is 53.7 Å². The number of hydrogen-bond acceptors (Lipinski definition) is 4. The molecule has 1 aromatic carbocycles. The van der Waals surface area contributed by atoms with E-state index < -0.39 is 0 Å². The highest BCUT2D eigenvalue weighted by atomic mass is 32.1. The molecule has 23 heavy (non-hydrogen) atoms. The quantitative estimate of drug-likeness (QED) is 0.798. The van der Waals surface area contributed by atoms with Crippen molar-refractivity contribution in [1.82, 2.24) is 15.2 Å². The first-order chi connectivity index (χ1) is 11.3. The number of nitrogens with one attached hydrogen (secondary N) is 1. The van der Waals surface area contributed by atoms with Gasteiger partial charge in [0.05, 0.1) is 6.04 Å². The minimum atomic E-state index is 0.355. The van der Waals surface area contributed by atoms with E-state index in [0.29, 0.717) is 6.04 Å². The number of nitrogens with zero attached hydrogens (tertiary/aromatic N) is 2. The van der Waals surface area contributed by atoms with E-state index in [1.807, 2.05) is 23.7 Å². The highest BCUT2D eigenvalue weighted by Gasteiger charge is 2.25. The molecule has 1 aliphatic heterocycles. The summed E-state index contributed by atoms with van der Waals surface area (Å²) < 4.78 is 0. The lowest BCUT2D eigenvalue weighted by molar-refractivity contribution is 0.201. The van der Waals surface area contributed by atoms with Crippen molar-refractivity contribution in [2.45, 2.75) is 13.0 Å². The molecule has 3 heterocycles. The maximum Gasteiger partial charge on any atom is 0.0697 e. The van der Waals surface area contributed by atoms with Crippen molar-refractivity contribution in [1.29, 1.82) is 0 Å². The molecule has 2 aromatic heterocycles. The Labute approximate surface area is 141 Å². The summed E-state index contributed by atoms with van der Waals surface area (Å²) in [4.78, 5) is 9.65. The van der Waals surface area contributed by atoms with E-state index in [9.17, 15) is 0 Å². The Kier molecular flexibility index (Phi) is 4.12. The van der Waals surface area contributed by atoms with Crippen LogP contribution in [0.3, 0.4) is 0 Å². The molecule has 1 unspecified atom stereocenters. The van der Waals surface area contributed by atoms with Gasteiger partial charge in [-0.1, -0.05) is 12.1 Å². The predicted molar refractivity (Wildman–Crippen MR) is 97.1 cm³/mol. The Morgan fingerprint density at radius 3 is 2.74 bits per heavy atom. The number of benzene rings is 1. The Bertz CT molecular complexity index is 805. The van der Waals surface area contributed by atoms with Gasteiger partial charge < -0.3 is 5.32 Å². The Morgan fingerprint density at radius 2 is 1.96 bits per heavy atom. The van der Waals surface area contributed by atoms with Gasteiger partial charge in [0.25, 0.3) is 0 Å². The third-order valence-electron chi connectivity index (χ3n) is 4.53. The van der Waals surface area contributed by atoms with Crippen LogP contribution in [0, 0.1) is 6.92 Å². The molecule has 1 saturated heterocycles. The second kappa shape index (κ2) is 6.40. The zero-order chi connectivity index (χ0) is 15.6. The second-order valence-corrected chi connectivity index (χ2v) is 7.44. The van der Waals surface area contributed by atoms with Gasteiger partial charge in [-0.15, -0.1) is 11.3 Å². The van der Waals surface area contributed by atoms with Crippen molar-refractivity contribution in [2.24, 2.45) is 0 Å². The highest BCUT2D eigenvalue weighted by Crippen LogP contribution is 2.34.